The lowest BCUT2D eigenvalue weighted by Crippen LogP contribution is -2.51. The van der Waals surface area contributed by atoms with Crippen LogP contribution in [-0.2, 0) is 9.16 Å². The first-order valence-electron chi connectivity index (χ1n) is 9.69. The van der Waals surface area contributed by atoms with Gasteiger partial charge in [-0.1, -0.05) is 65.8 Å². The summed E-state index contributed by atoms with van der Waals surface area (Å²) in [6.45, 7) is 15.1. The molecular formula is C21H32O3Si. The Morgan fingerprint density at radius 3 is 2.20 bits per heavy atom. The van der Waals surface area contributed by atoms with Gasteiger partial charge in [-0.05, 0) is 22.2 Å². The summed E-state index contributed by atoms with van der Waals surface area (Å²) >= 11 is 0. The monoisotopic (exact) mass is 360 g/mol. The molecule has 4 heteroatoms. The molecule has 138 valence electrons. The Labute approximate surface area is 153 Å². The van der Waals surface area contributed by atoms with Crippen molar-refractivity contribution in [3.05, 3.63) is 35.4 Å². The Kier molecular flexibility index (Phi) is 5.25. The van der Waals surface area contributed by atoms with Gasteiger partial charge in [0, 0.05) is 11.5 Å². The van der Waals surface area contributed by atoms with E-state index >= 15 is 0 Å². The van der Waals surface area contributed by atoms with Crippen LogP contribution in [-0.4, -0.2) is 27.3 Å². The molecule has 1 aromatic carbocycles. The zero-order chi connectivity index (χ0) is 18.4. The number of benzene rings is 1. The lowest BCUT2D eigenvalue weighted by molar-refractivity contribution is 0.0620. The maximum Gasteiger partial charge on any atom is 0.201 e. The number of hydrogen-bond donors (Lipinski definition) is 0. The van der Waals surface area contributed by atoms with E-state index in [0.717, 1.165) is 11.1 Å². The first-order chi connectivity index (χ1) is 11.8. The Morgan fingerprint density at radius 1 is 1.00 bits per heavy atom. The highest BCUT2D eigenvalue weighted by Crippen LogP contribution is 2.50. The molecule has 3 nitrogen and oxygen atoms in total. The molecule has 0 spiro atoms. The van der Waals surface area contributed by atoms with Crippen LogP contribution < -0.4 is 0 Å². The molecule has 1 heterocycles. The van der Waals surface area contributed by atoms with E-state index < -0.39 is 8.32 Å². The first-order valence-corrected chi connectivity index (χ1v) is 11.8. The average molecular weight is 361 g/mol. The summed E-state index contributed by atoms with van der Waals surface area (Å²) in [5.41, 5.74) is 3.51. The Morgan fingerprint density at radius 2 is 1.60 bits per heavy atom. The molecule has 1 fully saturated rings. The fraction of sp³-hybridized carbons (Fsp3) is 0.667. The predicted molar refractivity (Wildman–Crippen MR) is 103 cm³/mol. The van der Waals surface area contributed by atoms with Gasteiger partial charge >= 0.3 is 0 Å². The van der Waals surface area contributed by atoms with Crippen LogP contribution in [0.15, 0.2) is 24.3 Å². The van der Waals surface area contributed by atoms with E-state index in [1.54, 1.807) is 0 Å². The van der Waals surface area contributed by atoms with Gasteiger partial charge in [-0.15, -0.1) is 0 Å². The van der Waals surface area contributed by atoms with Crippen LogP contribution in [0.4, 0.5) is 0 Å². The second-order valence-corrected chi connectivity index (χ2v) is 14.0. The number of rotatable bonds is 5. The molecule has 1 aromatic rings. The third-order valence-corrected chi connectivity index (χ3v) is 12.5. The summed E-state index contributed by atoms with van der Waals surface area (Å²) in [7, 11) is -2.03. The van der Waals surface area contributed by atoms with Gasteiger partial charge < -0.3 is 9.16 Å². The van der Waals surface area contributed by atoms with Crippen molar-refractivity contribution in [2.75, 3.05) is 13.2 Å². The number of ether oxygens (including phenoxy) is 1. The van der Waals surface area contributed by atoms with E-state index in [9.17, 15) is 4.79 Å². The number of carbonyl (C=O) groups excluding carboxylic acids is 1. The molecule has 0 N–H and O–H groups in total. The standard InChI is InChI=1S/C21H32O3Si/c1-13(2)25(14(3)4,15(5)6)24-21-17-10-8-7-9-16(17)20(22)18-11-23-12-19(18)21/h7-10,13-15,18-19,21H,11-12H2,1-6H3/t18-,19+,21+/m0/s1. The Hall–Kier alpha value is -0.973. The molecule has 2 aliphatic rings. The molecule has 0 saturated carbocycles. The fourth-order valence-electron chi connectivity index (χ4n) is 5.32. The lowest BCUT2D eigenvalue weighted by Gasteiger charge is -2.47. The molecule has 0 amide bonds. The molecule has 1 aliphatic heterocycles. The molecule has 0 radical (unpaired) electrons. The quantitative estimate of drug-likeness (QED) is 0.661. The molecule has 3 atom stereocenters. The van der Waals surface area contributed by atoms with Crippen molar-refractivity contribution in [3.63, 3.8) is 0 Å². The molecule has 0 aromatic heterocycles. The number of fused-ring (bicyclic) bond motifs is 2. The van der Waals surface area contributed by atoms with E-state index in [1.807, 2.05) is 18.2 Å². The van der Waals surface area contributed by atoms with Crippen molar-refractivity contribution >= 4 is 14.1 Å². The lowest BCUT2D eigenvalue weighted by atomic mass is 9.75. The van der Waals surface area contributed by atoms with Crippen LogP contribution in [0.3, 0.4) is 0 Å². The van der Waals surface area contributed by atoms with Crippen molar-refractivity contribution in [2.45, 2.75) is 64.3 Å². The fourth-order valence-corrected chi connectivity index (χ4v) is 10.9. The van der Waals surface area contributed by atoms with Gasteiger partial charge in [-0.25, -0.2) is 0 Å². The van der Waals surface area contributed by atoms with Crippen LogP contribution in [0.1, 0.15) is 63.6 Å². The van der Waals surface area contributed by atoms with Gasteiger partial charge in [0.2, 0.25) is 8.32 Å². The van der Waals surface area contributed by atoms with Crippen LogP contribution in [0.2, 0.25) is 16.6 Å². The van der Waals surface area contributed by atoms with Gasteiger partial charge in [-0.3, -0.25) is 4.79 Å². The third kappa shape index (κ3) is 2.92. The molecule has 3 rings (SSSR count). The van der Waals surface area contributed by atoms with Crippen molar-refractivity contribution in [3.8, 4) is 0 Å². The highest BCUT2D eigenvalue weighted by atomic mass is 28.4. The summed E-state index contributed by atoms with van der Waals surface area (Å²) in [5, 5.41) is 0. The van der Waals surface area contributed by atoms with Crippen LogP contribution in [0.25, 0.3) is 0 Å². The van der Waals surface area contributed by atoms with Crippen molar-refractivity contribution in [1.82, 2.24) is 0 Å². The van der Waals surface area contributed by atoms with Gasteiger partial charge in [0.15, 0.2) is 5.78 Å². The summed E-state index contributed by atoms with van der Waals surface area (Å²) in [4.78, 5) is 12.9. The minimum Gasteiger partial charge on any atom is -0.409 e. The second kappa shape index (κ2) is 6.97. The first kappa shape index (κ1) is 18.8. The third-order valence-electron chi connectivity index (χ3n) is 6.42. The van der Waals surface area contributed by atoms with E-state index in [1.165, 1.54) is 0 Å². The van der Waals surface area contributed by atoms with Gasteiger partial charge in [-0.2, -0.15) is 0 Å². The summed E-state index contributed by atoms with van der Waals surface area (Å²) in [5.74, 6) is 0.354. The second-order valence-electron chi connectivity index (χ2n) is 8.62. The predicted octanol–water partition coefficient (Wildman–Crippen LogP) is 5.38. The summed E-state index contributed by atoms with van der Waals surface area (Å²) in [6, 6.07) is 8.04. The minimum atomic E-state index is -2.03. The number of Topliss-reactive ketones (excluding diaryl/α,β-unsaturated/α-hetero) is 1. The van der Waals surface area contributed by atoms with Crippen molar-refractivity contribution < 1.29 is 14.0 Å². The number of ketones is 1. The van der Waals surface area contributed by atoms with Gasteiger partial charge in [0.1, 0.15) is 0 Å². The molecule has 25 heavy (non-hydrogen) atoms. The van der Waals surface area contributed by atoms with Crippen LogP contribution in [0, 0.1) is 11.8 Å². The zero-order valence-electron chi connectivity index (χ0n) is 16.4. The van der Waals surface area contributed by atoms with Crippen LogP contribution >= 0.6 is 0 Å². The summed E-state index contributed by atoms with van der Waals surface area (Å²) < 4.78 is 12.9. The van der Waals surface area contributed by atoms with Crippen molar-refractivity contribution in [2.24, 2.45) is 11.8 Å². The van der Waals surface area contributed by atoms with E-state index in [4.69, 9.17) is 9.16 Å². The Bertz CT molecular complexity index is 616. The number of carbonyl (C=O) groups is 1. The van der Waals surface area contributed by atoms with Gasteiger partial charge in [0.05, 0.1) is 25.2 Å². The van der Waals surface area contributed by atoms with Gasteiger partial charge in [0.25, 0.3) is 0 Å². The highest BCUT2D eigenvalue weighted by Gasteiger charge is 2.52. The minimum absolute atomic E-state index is 0.0136. The molecule has 0 bridgehead atoms. The maximum absolute atomic E-state index is 12.9. The molecule has 1 aliphatic carbocycles. The average Bonchev–Trinajstić information content (AvgIpc) is 3.04. The Balaban J connectivity index is 2.08. The smallest absolute Gasteiger partial charge is 0.201 e. The molecular weight excluding hydrogens is 328 g/mol. The van der Waals surface area contributed by atoms with E-state index in [2.05, 4.69) is 47.6 Å². The number of hydrogen-bond acceptors (Lipinski definition) is 3. The summed E-state index contributed by atoms with van der Waals surface area (Å²) in [6.07, 6.45) is -0.0136. The van der Waals surface area contributed by atoms with E-state index in [-0.39, 0.29) is 23.7 Å². The topological polar surface area (TPSA) is 35.5 Å². The maximum atomic E-state index is 12.9. The highest BCUT2D eigenvalue weighted by molar-refractivity contribution is 6.77. The molecule has 0 unspecified atom stereocenters. The van der Waals surface area contributed by atoms with Crippen molar-refractivity contribution in [1.29, 1.82) is 0 Å². The largest absolute Gasteiger partial charge is 0.409 e. The van der Waals surface area contributed by atoms with E-state index in [0.29, 0.717) is 29.8 Å². The molecule has 1 saturated heterocycles. The van der Waals surface area contributed by atoms with Crippen LogP contribution in [0.5, 0.6) is 0 Å². The SMILES string of the molecule is CC(C)[Si](O[C@@H]1c2ccccc2C(=O)[C@H]2COC[C@H]21)(C(C)C)C(C)C. The zero-order valence-corrected chi connectivity index (χ0v) is 17.4. The normalized spacial score (nSPS) is 26.4.